The van der Waals surface area contributed by atoms with Gasteiger partial charge in [0, 0.05) is 0 Å². The zero-order chi connectivity index (χ0) is 15.6. The lowest BCUT2D eigenvalue weighted by Gasteiger charge is -2.34. The third-order valence-electron chi connectivity index (χ3n) is 4.40. The summed E-state index contributed by atoms with van der Waals surface area (Å²) in [7, 11) is 0. The molecule has 0 bridgehead atoms. The minimum Gasteiger partial charge on any atom is -0.293 e. The molecular weight excluding hydrogens is 258 g/mol. The predicted molar refractivity (Wildman–Crippen MR) is 91.1 cm³/mol. The molecule has 0 radical (unpaired) electrons. The van der Waals surface area contributed by atoms with Crippen molar-refractivity contribution in [1.29, 1.82) is 0 Å². The van der Waals surface area contributed by atoms with Crippen molar-refractivity contribution in [3.05, 3.63) is 35.4 Å². The minimum absolute atomic E-state index is 0.295. The Morgan fingerprint density at radius 3 is 2.00 bits per heavy atom. The maximum absolute atomic E-state index is 5.82. The van der Waals surface area contributed by atoms with Crippen LogP contribution in [-0.2, 0) is 16.9 Å². The first-order chi connectivity index (χ1) is 10.2. The maximum Gasteiger partial charge on any atom is 0.114 e. The highest BCUT2D eigenvalue weighted by Gasteiger charge is 2.33. The molecule has 0 fully saturated rings. The molecule has 0 aromatic heterocycles. The third-order valence-corrected chi connectivity index (χ3v) is 4.40. The number of nitrogens with two attached hydrogens (primary N) is 1. The SMILES string of the molecule is CCCCc1ccccc1C(CCCC)(CCCC)ON. The molecule has 0 unspecified atom stereocenters. The monoisotopic (exact) mass is 291 g/mol. The highest BCUT2D eigenvalue weighted by molar-refractivity contribution is 5.33. The van der Waals surface area contributed by atoms with Gasteiger partial charge in [-0.15, -0.1) is 0 Å². The van der Waals surface area contributed by atoms with Crippen molar-refractivity contribution in [3.8, 4) is 0 Å². The van der Waals surface area contributed by atoms with Gasteiger partial charge in [-0.2, -0.15) is 0 Å². The van der Waals surface area contributed by atoms with Crippen molar-refractivity contribution < 1.29 is 4.84 Å². The normalized spacial score (nSPS) is 11.8. The van der Waals surface area contributed by atoms with Crippen LogP contribution in [0.15, 0.2) is 24.3 Å². The van der Waals surface area contributed by atoms with E-state index in [-0.39, 0.29) is 5.60 Å². The molecule has 0 aliphatic heterocycles. The van der Waals surface area contributed by atoms with Gasteiger partial charge in [-0.1, -0.05) is 77.1 Å². The Bertz CT molecular complexity index is 381. The minimum atomic E-state index is -0.295. The smallest absolute Gasteiger partial charge is 0.114 e. The van der Waals surface area contributed by atoms with Crippen molar-refractivity contribution in [2.45, 2.75) is 84.2 Å². The van der Waals surface area contributed by atoms with Crippen LogP contribution in [0.4, 0.5) is 0 Å². The van der Waals surface area contributed by atoms with Gasteiger partial charge in [0.15, 0.2) is 0 Å². The Labute approximate surface area is 131 Å². The lowest BCUT2D eigenvalue weighted by Crippen LogP contribution is -2.34. The summed E-state index contributed by atoms with van der Waals surface area (Å²) in [6.07, 6.45) is 10.3. The molecule has 0 saturated carbocycles. The predicted octanol–water partition coefficient (Wildman–Crippen LogP) is 5.50. The van der Waals surface area contributed by atoms with Crippen molar-refractivity contribution >= 4 is 0 Å². The lowest BCUT2D eigenvalue weighted by molar-refractivity contribution is -0.0695. The van der Waals surface area contributed by atoms with Gasteiger partial charge in [-0.3, -0.25) is 4.84 Å². The van der Waals surface area contributed by atoms with Gasteiger partial charge in [-0.05, 0) is 36.8 Å². The number of aryl methyl sites for hydroxylation is 1. The molecule has 1 aromatic rings. The van der Waals surface area contributed by atoms with E-state index in [4.69, 9.17) is 10.7 Å². The van der Waals surface area contributed by atoms with E-state index < -0.39 is 0 Å². The molecular formula is C19H33NO. The second-order valence-electron chi connectivity index (χ2n) is 6.08. The highest BCUT2D eigenvalue weighted by atomic mass is 16.6. The molecule has 21 heavy (non-hydrogen) atoms. The summed E-state index contributed by atoms with van der Waals surface area (Å²) in [6.45, 7) is 6.69. The van der Waals surface area contributed by atoms with Crippen molar-refractivity contribution in [2.75, 3.05) is 0 Å². The van der Waals surface area contributed by atoms with Gasteiger partial charge in [0.05, 0.1) is 0 Å². The first kappa shape index (κ1) is 18.2. The number of rotatable bonds is 11. The Morgan fingerprint density at radius 1 is 0.905 bits per heavy atom. The van der Waals surface area contributed by atoms with Gasteiger partial charge >= 0.3 is 0 Å². The van der Waals surface area contributed by atoms with Crippen LogP contribution in [0.3, 0.4) is 0 Å². The molecule has 0 amide bonds. The van der Waals surface area contributed by atoms with Crippen LogP contribution in [0, 0.1) is 0 Å². The molecule has 120 valence electrons. The fourth-order valence-corrected chi connectivity index (χ4v) is 3.05. The van der Waals surface area contributed by atoms with Gasteiger partial charge in [0.1, 0.15) is 5.60 Å². The summed E-state index contributed by atoms with van der Waals surface area (Å²) in [5.41, 5.74) is 2.44. The van der Waals surface area contributed by atoms with Crippen LogP contribution in [0.25, 0.3) is 0 Å². The molecule has 0 spiro atoms. The average molecular weight is 291 g/mol. The number of hydrogen-bond donors (Lipinski definition) is 1. The van der Waals surface area contributed by atoms with Crippen LogP contribution in [-0.4, -0.2) is 0 Å². The van der Waals surface area contributed by atoms with Gasteiger partial charge in [-0.25, -0.2) is 5.90 Å². The average Bonchev–Trinajstić information content (AvgIpc) is 2.54. The quantitative estimate of drug-likeness (QED) is 0.547. The van der Waals surface area contributed by atoms with E-state index >= 15 is 0 Å². The first-order valence-electron chi connectivity index (χ1n) is 8.70. The second kappa shape index (κ2) is 9.97. The molecule has 2 heteroatoms. The molecule has 0 heterocycles. The van der Waals surface area contributed by atoms with E-state index in [2.05, 4.69) is 45.0 Å². The Balaban J connectivity index is 3.10. The molecule has 1 aromatic carbocycles. The summed E-state index contributed by atoms with van der Waals surface area (Å²) < 4.78 is 0. The Morgan fingerprint density at radius 2 is 1.48 bits per heavy atom. The lowest BCUT2D eigenvalue weighted by atomic mass is 9.80. The van der Waals surface area contributed by atoms with Crippen molar-refractivity contribution in [3.63, 3.8) is 0 Å². The fraction of sp³-hybridized carbons (Fsp3) is 0.684. The summed E-state index contributed by atoms with van der Waals surface area (Å²) in [5.74, 6) is 5.82. The third kappa shape index (κ3) is 5.12. The van der Waals surface area contributed by atoms with E-state index in [9.17, 15) is 0 Å². The molecule has 2 nitrogen and oxygen atoms in total. The number of benzene rings is 1. The fourth-order valence-electron chi connectivity index (χ4n) is 3.05. The molecule has 2 N–H and O–H groups in total. The van der Waals surface area contributed by atoms with Crippen LogP contribution < -0.4 is 5.90 Å². The molecule has 0 atom stereocenters. The summed E-state index contributed by atoms with van der Waals surface area (Å²) in [6, 6.07) is 8.73. The summed E-state index contributed by atoms with van der Waals surface area (Å²) in [5, 5.41) is 0. The van der Waals surface area contributed by atoms with E-state index in [1.54, 1.807) is 0 Å². The molecule has 1 rings (SSSR count). The molecule has 0 aliphatic carbocycles. The second-order valence-corrected chi connectivity index (χ2v) is 6.08. The van der Waals surface area contributed by atoms with Crippen LogP contribution in [0.1, 0.15) is 83.3 Å². The van der Waals surface area contributed by atoms with Crippen LogP contribution in [0.2, 0.25) is 0 Å². The molecule has 0 saturated heterocycles. The molecule has 0 aliphatic rings. The van der Waals surface area contributed by atoms with Crippen LogP contribution >= 0.6 is 0 Å². The van der Waals surface area contributed by atoms with E-state index in [1.807, 2.05) is 0 Å². The van der Waals surface area contributed by atoms with Gasteiger partial charge in [0.2, 0.25) is 0 Å². The van der Waals surface area contributed by atoms with Crippen molar-refractivity contribution in [2.24, 2.45) is 5.90 Å². The Hall–Kier alpha value is -0.860. The van der Waals surface area contributed by atoms with E-state index in [1.165, 1.54) is 36.8 Å². The van der Waals surface area contributed by atoms with Crippen LogP contribution in [0.5, 0.6) is 0 Å². The highest BCUT2D eigenvalue weighted by Crippen LogP contribution is 2.37. The zero-order valence-corrected chi connectivity index (χ0v) is 14.2. The zero-order valence-electron chi connectivity index (χ0n) is 14.2. The standard InChI is InChI=1S/C19H33NO/c1-4-7-12-17-13-10-11-14-18(17)19(21-20,15-8-5-2)16-9-6-3/h10-11,13-14H,4-9,12,15-16,20H2,1-3H3. The largest absolute Gasteiger partial charge is 0.293 e. The first-order valence-corrected chi connectivity index (χ1v) is 8.70. The van der Waals surface area contributed by atoms with Gasteiger partial charge < -0.3 is 0 Å². The number of unbranched alkanes of at least 4 members (excludes halogenated alkanes) is 3. The van der Waals surface area contributed by atoms with Crippen molar-refractivity contribution in [1.82, 2.24) is 0 Å². The summed E-state index contributed by atoms with van der Waals surface area (Å²) in [4.78, 5) is 5.65. The van der Waals surface area contributed by atoms with E-state index in [0.29, 0.717) is 0 Å². The number of hydrogen-bond acceptors (Lipinski definition) is 2. The summed E-state index contributed by atoms with van der Waals surface area (Å²) >= 11 is 0. The van der Waals surface area contributed by atoms with Gasteiger partial charge in [0.25, 0.3) is 0 Å². The Kier molecular flexibility index (Phi) is 8.63. The van der Waals surface area contributed by atoms with E-state index in [0.717, 1.165) is 32.1 Å². The maximum atomic E-state index is 5.82. The topological polar surface area (TPSA) is 35.2 Å².